The van der Waals surface area contributed by atoms with Gasteiger partial charge in [0.25, 0.3) is 5.69 Å². The van der Waals surface area contributed by atoms with E-state index in [1.807, 2.05) is 0 Å². The van der Waals surface area contributed by atoms with Gasteiger partial charge < -0.3 is 14.2 Å². The summed E-state index contributed by atoms with van der Waals surface area (Å²) in [6.45, 7) is -0.0375. The summed E-state index contributed by atoms with van der Waals surface area (Å²) in [6.07, 6.45) is 0. The number of esters is 1. The Bertz CT molecular complexity index is 478. The van der Waals surface area contributed by atoms with E-state index in [1.54, 1.807) is 0 Å². The van der Waals surface area contributed by atoms with Gasteiger partial charge in [0.2, 0.25) is 0 Å². The van der Waals surface area contributed by atoms with Crippen molar-refractivity contribution < 1.29 is 23.9 Å². The number of non-ortho nitro benzene ring substituents is 1. The molecule has 0 amide bonds. The van der Waals surface area contributed by atoms with Crippen LogP contribution in [0.15, 0.2) is 18.2 Å². The number of carbonyl (C=O) groups excluding carboxylic acids is 1. The molecule has 0 heterocycles. The molecule has 0 saturated carbocycles. The second kappa shape index (κ2) is 6.93. The van der Waals surface area contributed by atoms with Gasteiger partial charge in [-0.15, -0.1) is 0 Å². The van der Waals surface area contributed by atoms with Crippen LogP contribution in [-0.4, -0.2) is 36.5 Å². The van der Waals surface area contributed by atoms with E-state index >= 15 is 0 Å². The Kier molecular flexibility index (Phi) is 5.56. The number of carbonyl (C=O) groups is 1. The number of nitrogens with zero attached hydrogens (tertiary/aromatic N) is 1. The molecule has 0 aromatic heterocycles. The number of nitro benzene ring substituents is 1. The predicted molar refractivity (Wildman–Crippen MR) is 69.9 cm³/mol. The molecule has 1 aromatic rings. The lowest BCUT2D eigenvalue weighted by Crippen LogP contribution is -2.23. The molecule has 19 heavy (non-hydrogen) atoms. The molecule has 1 unspecified atom stereocenters. The zero-order valence-electron chi connectivity index (χ0n) is 10.3. The number of alkyl halides is 1. The van der Waals surface area contributed by atoms with Crippen molar-refractivity contribution in [2.45, 2.75) is 4.83 Å². The Morgan fingerprint density at radius 1 is 1.42 bits per heavy atom. The van der Waals surface area contributed by atoms with Crippen LogP contribution in [0, 0.1) is 10.1 Å². The van der Waals surface area contributed by atoms with Crippen LogP contribution in [0.25, 0.3) is 0 Å². The van der Waals surface area contributed by atoms with Crippen LogP contribution < -0.4 is 9.47 Å². The first-order chi connectivity index (χ1) is 8.99. The van der Waals surface area contributed by atoms with Gasteiger partial charge in [0.05, 0.1) is 25.2 Å². The zero-order chi connectivity index (χ0) is 14.4. The molecule has 0 fully saturated rings. The van der Waals surface area contributed by atoms with E-state index in [2.05, 4.69) is 20.7 Å². The number of ether oxygens (including phenoxy) is 3. The molecule has 0 N–H and O–H groups in total. The van der Waals surface area contributed by atoms with Gasteiger partial charge in [-0.1, -0.05) is 15.9 Å². The number of rotatable bonds is 6. The highest BCUT2D eigenvalue weighted by molar-refractivity contribution is 9.10. The predicted octanol–water partition coefficient (Wildman–Crippen LogP) is 1.92. The van der Waals surface area contributed by atoms with E-state index in [9.17, 15) is 14.9 Å². The lowest BCUT2D eigenvalue weighted by Gasteiger charge is -2.12. The van der Waals surface area contributed by atoms with Gasteiger partial charge >= 0.3 is 5.97 Å². The van der Waals surface area contributed by atoms with Crippen molar-refractivity contribution >= 4 is 27.6 Å². The van der Waals surface area contributed by atoms with E-state index in [0.29, 0.717) is 5.75 Å². The Labute approximate surface area is 117 Å². The van der Waals surface area contributed by atoms with E-state index in [4.69, 9.17) is 9.47 Å². The fourth-order valence-electron chi connectivity index (χ4n) is 1.25. The van der Waals surface area contributed by atoms with Crippen LogP contribution in [0.3, 0.4) is 0 Å². The topological polar surface area (TPSA) is 87.9 Å². The third kappa shape index (κ3) is 4.09. The first kappa shape index (κ1) is 15.2. The van der Waals surface area contributed by atoms with Crippen molar-refractivity contribution in [1.82, 2.24) is 0 Å². The smallest absolute Gasteiger partial charge is 0.322 e. The third-order valence-electron chi connectivity index (χ3n) is 2.20. The largest absolute Gasteiger partial charge is 0.493 e. The average Bonchev–Trinajstić information content (AvgIpc) is 2.43. The van der Waals surface area contributed by atoms with Gasteiger partial charge in [0.1, 0.15) is 11.4 Å². The van der Waals surface area contributed by atoms with E-state index in [-0.39, 0.29) is 18.0 Å². The average molecular weight is 334 g/mol. The number of hydrogen-bond acceptors (Lipinski definition) is 6. The van der Waals surface area contributed by atoms with Crippen LogP contribution in [0.2, 0.25) is 0 Å². The molecule has 1 rings (SSSR count). The van der Waals surface area contributed by atoms with Crippen LogP contribution in [-0.2, 0) is 9.53 Å². The molecule has 7 nitrogen and oxygen atoms in total. The SMILES string of the molecule is COC(=O)C(Br)COc1cc([N+](=O)[O-])ccc1OC. The summed E-state index contributed by atoms with van der Waals surface area (Å²) in [6, 6.07) is 3.96. The molecule has 0 spiro atoms. The molecule has 0 aliphatic carbocycles. The number of halogens is 1. The van der Waals surface area contributed by atoms with Gasteiger partial charge in [-0.2, -0.15) is 0 Å². The molecule has 8 heteroatoms. The standard InChI is InChI=1S/C11H12BrNO6/c1-17-9-4-3-7(13(15)16)5-10(9)19-6-8(12)11(14)18-2/h3-5,8H,6H2,1-2H3. The summed E-state index contributed by atoms with van der Waals surface area (Å²) in [7, 11) is 2.67. The summed E-state index contributed by atoms with van der Waals surface area (Å²) in [5.74, 6) is 0.0321. The Balaban J connectivity index is 2.83. The van der Waals surface area contributed by atoms with Crippen molar-refractivity contribution in [1.29, 1.82) is 0 Å². The fraction of sp³-hybridized carbons (Fsp3) is 0.364. The summed E-state index contributed by atoms with van der Waals surface area (Å²) < 4.78 is 14.9. The number of methoxy groups -OCH3 is 2. The molecular weight excluding hydrogens is 322 g/mol. The van der Waals surface area contributed by atoms with E-state index < -0.39 is 15.7 Å². The maximum Gasteiger partial charge on any atom is 0.322 e. The Hall–Kier alpha value is -1.83. The van der Waals surface area contributed by atoms with Crippen molar-refractivity contribution in [2.24, 2.45) is 0 Å². The van der Waals surface area contributed by atoms with Gasteiger partial charge in [-0.25, -0.2) is 0 Å². The minimum atomic E-state index is -0.665. The van der Waals surface area contributed by atoms with Crippen molar-refractivity contribution in [3.05, 3.63) is 28.3 Å². The third-order valence-corrected chi connectivity index (χ3v) is 2.84. The maximum absolute atomic E-state index is 11.2. The monoisotopic (exact) mass is 333 g/mol. The molecule has 0 aliphatic rings. The number of hydrogen-bond donors (Lipinski definition) is 0. The molecule has 0 bridgehead atoms. The molecular formula is C11H12BrNO6. The highest BCUT2D eigenvalue weighted by Gasteiger charge is 2.18. The first-order valence-electron chi connectivity index (χ1n) is 5.16. The van der Waals surface area contributed by atoms with E-state index in [0.717, 1.165) is 0 Å². The molecule has 0 aliphatic heterocycles. The molecule has 0 saturated heterocycles. The first-order valence-corrected chi connectivity index (χ1v) is 6.08. The Morgan fingerprint density at radius 2 is 2.11 bits per heavy atom. The quantitative estimate of drug-likeness (QED) is 0.342. The molecule has 0 radical (unpaired) electrons. The zero-order valence-corrected chi connectivity index (χ0v) is 11.9. The summed E-state index contributed by atoms with van der Waals surface area (Å²) in [4.78, 5) is 20.6. The maximum atomic E-state index is 11.2. The molecule has 1 aromatic carbocycles. The fourth-order valence-corrected chi connectivity index (χ4v) is 1.57. The van der Waals surface area contributed by atoms with Crippen molar-refractivity contribution in [2.75, 3.05) is 20.8 Å². The summed E-state index contributed by atoms with van der Waals surface area (Å²) in [5, 5.41) is 10.7. The highest BCUT2D eigenvalue weighted by Crippen LogP contribution is 2.31. The number of nitro groups is 1. The molecule has 1 atom stereocenters. The minimum Gasteiger partial charge on any atom is -0.493 e. The van der Waals surface area contributed by atoms with Gasteiger partial charge in [0.15, 0.2) is 11.5 Å². The van der Waals surface area contributed by atoms with Crippen molar-refractivity contribution in [3.63, 3.8) is 0 Å². The van der Waals surface area contributed by atoms with E-state index in [1.165, 1.54) is 32.4 Å². The van der Waals surface area contributed by atoms with Crippen LogP contribution >= 0.6 is 15.9 Å². The molecule has 104 valence electrons. The van der Waals surface area contributed by atoms with Gasteiger partial charge in [0, 0.05) is 6.07 Å². The number of benzene rings is 1. The van der Waals surface area contributed by atoms with Crippen molar-refractivity contribution in [3.8, 4) is 11.5 Å². The summed E-state index contributed by atoms with van der Waals surface area (Å²) >= 11 is 3.08. The van der Waals surface area contributed by atoms with Crippen LogP contribution in [0.4, 0.5) is 5.69 Å². The second-order valence-electron chi connectivity index (χ2n) is 3.39. The lowest BCUT2D eigenvalue weighted by atomic mass is 10.3. The Morgan fingerprint density at radius 3 is 2.63 bits per heavy atom. The van der Waals surface area contributed by atoms with Gasteiger partial charge in [-0.3, -0.25) is 14.9 Å². The lowest BCUT2D eigenvalue weighted by molar-refractivity contribution is -0.385. The van der Waals surface area contributed by atoms with Crippen LogP contribution in [0.5, 0.6) is 11.5 Å². The summed E-state index contributed by atoms with van der Waals surface area (Å²) in [5.41, 5.74) is -0.125. The second-order valence-corrected chi connectivity index (χ2v) is 4.50. The normalized spacial score (nSPS) is 11.5. The highest BCUT2D eigenvalue weighted by atomic mass is 79.9. The minimum absolute atomic E-state index is 0.0375. The van der Waals surface area contributed by atoms with Gasteiger partial charge in [-0.05, 0) is 6.07 Å². The van der Waals surface area contributed by atoms with Crippen LogP contribution in [0.1, 0.15) is 0 Å².